The highest BCUT2D eigenvalue weighted by molar-refractivity contribution is 5.94. The number of halogens is 1. The summed E-state index contributed by atoms with van der Waals surface area (Å²) in [6.45, 7) is 5.12. The van der Waals surface area contributed by atoms with Crippen molar-refractivity contribution in [3.63, 3.8) is 0 Å². The van der Waals surface area contributed by atoms with Crippen LogP contribution in [0.3, 0.4) is 0 Å². The van der Waals surface area contributed by atoms with Gasteiger partial charge in [0.1, 0.15) is 11.6 Å². The summed E-state index contributed by atoms with van der Waals surface area (Å²) in [6.07, 6.45) is 0. The minimum atomic E-state index is -0.226. The Labute approximate surface area is 153 Å². The Balaban J connectivity index is 1.52. The Morgan fingerprint density at radius 1 is 1.04 bits per heavy atom. The number of nitrogens with one attached hydrogen (secondary N) is 1. The molecule has 1 N–H and O–H groups in total. The van der Waals surface area contributed by atoms with Gasteiger partial charge < -0.3 is 15.0 Å². The van der Waals surface area contributed by atoms with Crippen LogP contribution in [0.2, 0.25) is 0 Å². The van der Waals surface area contributed by atoms with Gasteiger partial charge in [0, 0.05) is 37.6 Å². The number of ether oxygens (including phenoxy) is 1. The molecule has 2 aromatic carbocycles. The lowest BCUT2D eigenvalue weighted by Crippen LogP contribution is -2.52. The number of piperazine rings is 1. The number of hydrogen-bond acceptors (Lipinski definition) is 4. The zero-order chi connectivity index (χ0) is 18.5. The summed E-state index contributed by atoms with van der Waals surface area (Å²) < 4.78 is 18.2. The number of methoxy groups -OCH3 is 1. The Morgan fingerprint density at radius 3 is 2.23 bits per heavy atom. The van der Waals surface area contributed by atoms with Crippen molar-refractivity contribution in [2.45, 2.75) is 13.0 Å². The van der Waals surface area contributed by atoms with Gasteiger partial charge in [-0.05, 0) is 55.5 Å². The van der Waals surface area contributed by atoms with Crippen LogP contribution in [0.25, 0.3) is 0 Å². The average Bonchev–Trinajstić information content (AvgIpc) is 2.69. The number of benzene rings is 2. The fraction of sp³-hybridized carbons (Fsp3) is 0.350. The molecule has 6 heteroatoms. The maximum Gasteiger partial charge on any atom is 0.241 e. The van der Waals surface area contributed by atoms with Crippen LogP contribution in [0.15, 0.2) is 48.5 Å². The Kier molecular flexibility index (Phi) is 5.73. The quantitative estimate of drug-likeness (QED) is 0.894. The molecule has 1 aliphatic rings. The normalized spacial score (nSPS) is 16.2. The maximum atomic E-state index is 13.1. The second-order valence-electron chi connectivity index (χ2n) is 6.39. The lowest BCUT2D eigenvalue weighted by atomic mass is 10.2. The number of carbonyl (C=O) groups is 1. The summed E-state index contributed by atoms with van der Waals surface area (Å²) in [5, 5.41) is 2.95. The number of carbonyl (C=O) groups excluding carboxylic acids is 1. The minimum absolute atomic E-state index is 0.0228. The molecule has 1 aliphatic heterocycles. The predicted molar refractivity (Wildman–Crippen MR) is 101 cm³/mol. The number of anilines is 2. The summed E-state index contributed by atoms with van der Waals surface area (Å²) in [7, 11) is 1.61. The predicted octanol–water partition coefficient (Wildman–Crippen LogP) is 2.98. The van der Waals surface area contributed by atoms with Crippen LogP contribution in [-0.4, -0.2) is 50.1 Å². The molecule has 138 valence electrons. The van der Waals surface area contributed by atoms with Gasteiger partial charge in [-0.15, -0.1) is 0 Å². The van der Waals surface area contributed by atoms with E-state index in [2.05, 4.69) is 15.1 Å². The zero-order valence-electron chi connectivity index (χ0n) is 15.1. The lowest BCUT2D eigenvalue weighted by Gasteiger charge is -2.38. The fourth-order valence-electron chi connectivity index (χ4n) is 3.11. The summed E-state index contributed by atoms with van der Waals surface area (Å²) >= 11 is 0. The fourth-order valence-corrected chi connectivity index (χ4v) is 3.11. The lowest BCUT2D eigenvalue weighted by molar-refractivity contribution is -0.120. The van der Waals surface area contributed by atoms with Gasteiger partial charge in [-0.2, -0.15) is 0 Å². The third kappa shape index (κ3) is 4.32. The smallest absolute Gasteiger partial charge is 0.241 e. The van der Waals surface area contributed by atoms with Gasteiger partial charge in [-0.1, -0.05) is 0 Å². The second kappa shape index (κ2) is 8.19. The Bertz CT molecular complexity index is 726. The molecule has 0 aliphatic carbocycles. The average molecular weight is 357 g/mol. The molecule has 0 spiro atoms. The van der Waals surface area contributed by atoms with Crippen molar-refractivity contribution in [3.05, 3.63) is 54.3 Å². The van der Waals surface area contributed by atoms with Crippen molar-refractivity contribution in [3.8, 4) is 5.75 Å². The highest BCUT2D eigenvalue weighted by Crippen LogP contribution is 2.19. The van der Waals surface area contributed by atoms with Gasteiger partial charge in [0.15, 0.2) is 0 Å². The molecule has 0 unspecified atom stereocenters. The number of rotatable bonds is 5. The van der Waals surface area contributed by atoms with Crippen molar-refractivity contribution in [2.24, 2.45) is 0 Å². The number of nitrogens with zero attached hydrogens (tertiary/aromatic N) is 2. The molecule has 5 nitrogen and oxygen atoms in total. The van der Waals surface area contributed by atoms with Gasteiger partial charge in [0.05, 0.1) is 13.2 Å². The van der Waals surface area contributed by atoms with Crippen molar-refractivity contribution in [1.29, 1.82) is 0 Å². The van der Waals surface area contributed by atoms with Crippen LogP contribution in [0.1, 0.15) is 6.92 Å². The van der Waals surface area contributed by atoms with E-state index in [9.17, 15) is 9.18 Å². The van der Waals surface area contributed by atoms with Gasteiger partial charge in [-0.25, -0.2) is 4.39 Å². The molecule has 0 aromatic heterocycles. The minimum Gasteiger partial charge on any atom is -0.497 e. The molecule has 0 bridgehead atoms. The summed E-state index contributed by atoms with van der Waals surface area (Å²) in [4.78, 5) is 16.9. The van der Waals surface area contributed by atoms with Gasteiger partial charge in [-0.3, -0.25) is 9.69 Å². The van der Waals surface area contributed by atoms with E-state index in [1.807, 2.05) is 31.2 Å². The van der Waals surface area contributed by atoms with E-state index in [4.69, 9.17) is 4.74 Å². The molecule has 1 heterocycles. The van der Waals surface area contributed by atoms with E-state index in [1.54, 1.807) is 19.2 Å². The molecule has 0 saturated carbocycles. The molecule has 1 fully saturated rings. The third-order valence-electron chi connectivity index (χ3n) is 4.79. The summed E-state index contributed by atoms with van der Waals surface area (Å²) in [5.41, 5.74) is 1.77. The van der Waals surface area contributed by atoms with Crippen molar-refractivity contribution in [2.75, 3.05) is 43.5 Å². The monoisotopic (exact) mass is 357 g/mol. The van der Waals surface area contributed by atoms with Crippen LogP contribution < -0.4 is 15.0 Å². The molecule has 26 heavy (non-hydrogen) atoms. The van der Waals surface area contributed by atoms with E-state index in [0.717, 1.165) is 43.3 Å². The molecular weight excluding hydrogens is 333 g/mol. The Hall–Kier alpha value is -2.60. The molecule has 1 amide bonds. The third-order valence-corrected chi connectivity index (χ3v) is 4.79. The number of hydrogen-bond donors (Lipinski definition) is 1. The van der Waals surface area contributed by atoms with E-state index >= 15 is 0 Å². The van der Waals surface area contributed by atoms with E-state index in [-0.39, 0.29) is 17.8 Å². The first kappa shape index (κ1) is 18.2. The Morgan fingerprint density at radius 2 is 1.65 bits per heavy atom. The van der Waals surface area contributed by atoms with Crippen molar-refractivity contribution >= 4 is 17.3 Å². The van der Waals surface area contributed by atoms with Gasteiger partial charge in [0.25, 0.3) is 0 Å². The topological polar surface area (TPSA) is 44.8 Å². The molecule has 1 saturated heterocycles. The number of amides is 1. The first-order valence-corrected chi connectivity index (χ1v) is 8.76. The maximum absolute atomic E-state index is 13.1. The summed E-state index contributed by atoms with van der Waals surface area (Å²) in [6, 6.07) is 13.6. The molecular formula is C20H24FN3O2. The van der Waals surface area contributed by atoms with Crippen LogP contribution in [-0.2, 0) is 4.79 Å². The first-order valence-electron chi connectivity index (χ1n) is 8.76. The molecule has 0 radical (unpaired) electrons. The van der Waals surface area contributed by atoms with Crippen molar-refractivity contribution < 1.29 is 13.9 Å². The van der Waals surface area contributed by atoms with Crippen LogP contribution in [0, 0.1) is 5.82 Å². The molecule has 1 atom stereocenters. The first-order chi connectivity index (χ1) is 12.6. The standard InChI is InChI=1S/C20H24FN3O2/c1-15(20(25)22-17-5-9-19(26-2)10-6-17)23-11-13-24(14-12-23)18-7-3-16(21)4-8-18/h3-10,15H,11-14H2,1-2H3,(H,22,25)/t15-/m0/s1. The van der Waals surface area contributed by atoms with E-state index in [0.29, 0.717) is 0 Å². The SMILES string of the molecule is COc1ccc(NC(=O)[C@H](C)N2CCN(c3ccc(F)cc3)CC2)cc1. The van der Waals surface area contributed by atoms with Crippen LogP contribution >= 0.6 is 0 Å². The van der Waals surface area contributed by atoms with Crippen LogP contribution in [0.5, 0.6) is 5.75 Å². The van der Waals surface area contributed by atoms with Crippen molar-refractivity contribution in [1.82, 2.24) is 4.90 Å². The zero-order valence-corrected chi connectivity index (χ0v) is 15.1. The highest BCUT2D eigenvalue weighted by Gasteiger charge is 2.25. The largest absolute Gasteiger partial charge is 0.497 e. The summed E-state index contributed by atoms with van der Waals surface area (Å²) in [5.74, 6) is 0.509. The van der Waals surface area contributed by atoms with Gasteiger partial charge >= 0.3 is 0 Å². The van der Waals surface area contributed by atoms with Gasteiger partial charge in [0.2, 0.25) is 5.91 Å². The van der Waals surface area contributed by atoms with E-state index in [1.165, 1.54) is 12.1 Å². The second-order valence-corrected chi connectivity index (χ2v) is 6.39. The highest BCUT2D eigenvalue weighted by atomic mass is 19.1. The molecule has 2 aromatic rings. The van der Waals surface area contributed by atoms with Crippen LogP contribution in [0.4, 0.5) is 15.8 Å². The molecule has 3 rings (SSSR count). The van der Waals surface area contributed by atoms with E-state index < -0.39 is 0 Å².